The van der Waals surface area contributed by atoms with E-state index in [2.05, 4.69) is 19.6 Å². The molecular formula is C12H25O5PSi. The normalized spacial score (nSPS) is 27.8. The summed E-state index contributed by atoms with van der Waals surface area (Å²) in [6.45, 7) is 6.20. The van der Waals surface area contributed by atoms with E-state index < -0.39 is 21.7 Å². The summed E-state index contributed by atoms with van der Waals surface area (Å²) in [7, 11) is -5.21. The van der Waals surface area contributed by atoms with Gasteiger partial charge in [-0.2, -0.15) is 0 Å². The van der Waals surface area contributed by atoms with Crippen LogP contribution in [0.5, 0.6) is 0 Å². The zero-order chi connectivity index (χ0) is 14.7. The summed E-state index contributed by atoms with van der Waals surface area (Å²) in [4.78, 5) is 20.8. The number of rotatable bonds is 6. The van der Waals surface area contributed by atoms with E-state index in [4.69, 9.17) is 9.53 Å². The molecule has 0 saturated heterocycles. The van der Waals surface area contributed by atoms with Gasteiger partial charge in [-0.25, -0.2) is 0 Å². The van der Waals surface area contributed by atoms with Gasteiger partial charge in [0.25, 0.3) is 0 Å². The Labute approximate surface area is 115 Å². The first kappa shape index (κ1) is 16.9. The van der Waals surface area contributed by atoms with Crippen molar-refractivity contribution in [1.29, 1.82) is 0 Å². The SMILES string of the molecule is C[Si](C)(C)O[C@@H]1CCCC[C@H]1P(=O)(O)CCC(=O)O. The molecule has 0 aromatic rings. The van der Waals surface area contributed by atoms with Crippen molar-refractivity contribution in [3.63, 3.8) is 0 Å². The van der Waals surface area contributed by atoms with E-state index in [1.165, 1.54) is 0 Å². The molecular weight excluding hydrogens is 283 g/mol. The molecule has 0 heterocycles. The fourth-order valence-corrected chi connectivity index (χ4v) is 6.02. The van der Waals surface area contributed by atoms with E-state index in [9.17, 15) is 14.3 Å². The zero-order valence-corrected chi connectivity index (χ0v) is 13.9. The molecule has 0 spiro atoms. The van der Waals surface area contributed by atoms with Crippen LogP contribution >= 0.6 is 7.37 Å². The summed E-state index contributed by atoms with van der Waals surface area (Å²) in [5.74, 6) is -1.02. The highest BCUT2D eigenvalue weighted by atomic mass is 31.2. The smallest absolute Gasteiger partial charge is 0.303 e. The molecule has 0 amide bonds. The fourth-order valence-electron chi connectivity index (χ4n) is 2.55. The Balaban J connectivity index is 2.75. The second kappa shape index (κ2) is 6.53. The quantitative estimate of drug-likeness (QED) is 0.582. The number of hydrogen-bond acceptors (Lipinski definition) is 3. The van der Waals surface area contributed by atoms with Crippen molar-refractivity contribution in [2.75, 3.05) is 6.16 Å². The molecule has 1 rings (SSSR count). The fraction of sp³-hybridized carbons (Fsp3) is 0.917. The lowest BCUT2D eigenvalue weighted by atomic mass is 9.97. The number of carboxylic acids is 1. The first-order valence-electron chi connectivity index (χ1n) is 6.83. The van der Waals surface area contributed by atoms with Gasteiger partial charge in [0.05, 0.1) is 18.2 Å². The molecule has 0 aromatic heterocycles. The van der Waals surface area contributed by atoms with Crippen LogP contribution in [0.4, 0.5) is 0 Å². The molecule has 1 aliphatic carbocycles. The Morgan fingerprint density at radius 2 is 1.89 bits per heavy atom. The minimum atomic E-state index is -3.45. The van der Waals surface area contributed by atoms with Crippen LogP contribution < -0.4 is 0 Å². The Bertz CT molecular complexity index is 366. The van der Waals surface area contributed by atoms with E-state index in [0.29, 0.717) is 6.42 Å². The maximum absolute atomic E-state index is 12.4. The van der Waals surface area contributed by atoms with Crippen molar-refractivity contribution in [3.8, 4) is 0 Å². The lowest BCUT2D eigenvalue weighted by molar-refractivity contribution is -0.136. The zero-order valence-electron chi connectivity index (χ0n) is 12.0. The van der Waals surface area contributed by atoms with Crippen molar-refractivity contribution < 1.29 is 23.8 Å². The van der Waals surface area contributed by atoms with Crippen LogP contribution in [-0.2, 0) is 13.8 Å². The van der Waals surface area contributed by atoms with Crippen molar-refractivity contribution in [2.24, 2.45) is 0 Å². The lowest BCUT2D eigenvalue weighted by Gasteiger charge is -2.37. The summed E-state index contributed by atoms with van der Waals surface area (Å²) < 4.78 is 18.4. The van der Waals surface area contributed by atoms with Gasteiger partial charge in [0.15, 0.2) is 8.32 Å². The molecule has 0 aliphatic heterocycles. The molecule has 0 radical (unpaired) electrons. The maximum atomic E-state index is 12.4. The largest absolute Gasteiger partial charge is 0.481 e. The van der Waals surface area contributed by atoms with Crippen molar-refractivity contribution in [3.05, 3.63) is 0 Å². The Kier molecular flexibility index (Phi) is 5.80. The lowest BCUT2D eigenvalue weighted by Crippen LogP contribution is -2.41. The minimum Gasteiger partial charge on any atom is -0.481 e. The third-order valence-electron chi connectivity index (χ3n) is 3.34. The van der Waals surface area contributed by atoms with E-state index in [-0.39, 0.29) is 24.3 Å². The molecule has 1 saturated carbocycles. The average molecular weight is 308 g/mol. The second-order valence-corrected chi connectivity index (χ2v) is 13.3. The Morgan fingerprint density at radius 1 is 1.32 bits per heavy atom. The number of hydrogen-bond donors (Lipinski definition) is 2. The van der Waals surface area contributed by atoms with E-state index in [1.807, 2.05) is 0 Å². The van der Waals surface area contributed by atoms with Crippen molar-refractivity contribution in [1.82, 2.24) is 0 Å². The first-order chi connectivity index (χ1) is 8.62. The topological polar surface area (TPSA) is 83.8 Å². The molecule has 19 heavy (non-hydrogen) atoms. The molecule has 1 fully saturated rings. The summed E-state index contributed by atoms with van der Waals surface area (Å²) >= 11 is 0. The van der Waals surface area contributed by atoms with Crippen LogP contribution in [0, 0.1) is 0 Å². The van der Waals surface area contributed by atoms with Crippen LogP contribution in [0.25, 0.3) is 0 Å². The Hall–Kier alpha value is -0.163. The molecule has 5 nitrogen and oxygen atoms in total. The van der Waals surface area contributed by atoms with E-state index in [0.717, 1.165) is 19.3 Å². The molecule has 1 aliphatic rings. The molecule has 1 unspecified atom stereocenters. The van der Waals surface area contributed by atoms with Gasteiger partial charge < -0.3 is 14.4 Å². The van der Waals surface area contributed by atoms with Crippen LogP contribution in [0.3, 0.4) is 0 Å². The number of aliphatic carboxylic acids is 1. The van der Waals surface area contributed by atoms with Gasteiger partial charge in [0, 0.05) is 6.16 Å². The average Bonchev–Trinajstić information content (AvgIpc) is 2.25. The first-order valence-corrected chi connectivity index (χ1v) is 12.2. The minimum absolute atomic E-state index is 0.140. The predicted octanol–water partition coefficient (Wildman–Crippen LogP) is 2.89. The summed E-state index contributed by atoms with van der Waals surface area (Å²) in [5.41, 5.74) is -0.382. The van der Waals surface area contributed by atoms with Gasteiger partial charge in [-0.3, -0.25) is 9.36 Å². The van der Waals surface area contributed by atoms with Crippen LogP contribution in [-0.4, -0.2) is 42.2 Å². The molecule has 0 bridgehead atoms. The summed E-state index contributed by atoms with van der Waals surface area (Å²) in [6.07, 6.45) is 2.86. The van der Waals surface area contributed by atoms with Gasteiger partial charge in [-0.15, -0.1) is 0 Å². The second-order valence-electron chi connectivity index (χ2n) is 6.24. The van der Waals surface area contributed by atoms with Crippen LogP contribution in [0.15, 0.2) is 0 Å². The third kappa shape index (κ3) is 5.77. The van der Waals surface area contributed by atoms with E-state index >= 15 is 0 Å². The molecule has 2 N–H and O–H groups in total. The standard InChI is InChI=1S/C12H25O5PSi/c1-19(2,3)17-10-6-4-5-7-11(10)18(15,16)9-8-12(13)14/h10-11H,4-9H2,1-3H3,(H,13,14)(H,15,16)/t10-,11-/m1/s1. The summed E-state index contributed by atoms with van der Waals surface area (Å²) in [6, 6.07) is 0. The highest BCUT2D eigenvalue weighted by Crippen LogP contribution is 2.53. The monoisotopic (exact) mass is 308 g/mol. The van der Waals surface area contributed by atoms with Crippen molar-refractivity contribution in [2.45, 2.75) is 63.5 Å². The van der Waals surface area contributed by atoms with Gasteiger partial charge in [-0.05, 0) is 32.5 Å². The highest BCUT2D eigenvalue weighted by Gasteiger charge is 2.41. The highest BCUT2D eigenvalue weighted by molar-refractivity contribution is 7.58. The molecule has 112 valence electrons. The maximum Gasteiger partial charge on any atom is 0.303 e. The van der Waals surface area contributed by atoms with Gasteiger partial charge in [0.2, 0.25) is 7.37 Å². The van der Waals surface area contributed by atoms with Crippen LogP contribution in [0.1, 0.15) is 32.1 Å². The third-order valence-corrected chi connectivity index (χ3v) is 6.84. The van der Waals surface area contributed by atoms with Crippen molar-refractivity contribution >= 4 is 21.7 Å². The summed E-state index contributed by atoms with van der Waals surface area (Å²) in [5, 5.41) is 8.67. The Morgan fingerprint density at radius 3 is 2.42 bits per heavy atom. The van der Waals surface area contributed by atoms with Gasteiger partial charge >= 0.3 is 5.97 Å². The van der Waals surface area contributed by atoms with Gasteiger partial charge in [-0.1, -0.05) is 12.8 Å². The van der Waals surface area contributed by atoms with E-state index in [1.54, 1.807) is 0 Å². The molecule has 0 aromatic carbocycles. The predicted molar refractivity (Wildman–Crippen MR) is 77.4 cm³/mol. The van der Waals surface area contributed by atoms with Crippen LogP contribution in [0.2, 0.25) is 19.6 Å². The molecule has 7 heteroatoms. The number of carbonyl (C=O) groups is 1. The molecule has 3 atom stereocenters. The van der Waals surface area contributed by atoms with Gasteiger partial charge in [0.1, 0.15) is 0 Å². The number of carboxylic acid groups (broad SMARTS) is 1.